The Kier molecular flexibility index (Phi) is 3.84. The molecule has 1 aliphatic heterocycles. The number of primary amides is 1. The van der Waals surface area contributed by atoms with Crippen LogP contribution in [0.25, 0.3) is 0 Å². The molecule has 7 nitrogen and oxygen atoms in total. The molecule has 3 rings (SSSR count). The fourth-order valence-corrected chi connectivity index (χ4v) is 3.27. The maximum absolute atomic E-state index is 12.8. The minimum absolute atomic E-state index is 0.111. The first-order valence-corrected chi connectivity index (χ1v) is 8.14. The zero-order valence-electron chi connectivity index (χ0n) is 13.2. The molecule has 1 atom stereocenters. The number of hydrogen-bond donors (Lipinski definition) is 2. The monoisotopic (exact) mass is 344 g/mol. The Labute approximate surface area is 142 Å². The van der Waals surface area contributed by atoms with E-state index >= 15 is 0 Å². The van der Waals surface area contributed by atoms with Gasteiger partial charge < -0.3 is 11.1 Å². The molecule has 1 aliphatic rings. The first-order chi connectivity index (χ1) is 11.3. The minimum atomic E-state index is -1.24. The Bertz CT molecular complexity index is 847. The molecular formula is C16H16N4O3S. The second kappa shape index (κ2) is 5.72. The molecule has 124 valence electrons. The normalized spacial score (nSPS) is 20.3. The number of nitrogens with one attached hydrogen (secondary N) is 1. The summed E-state index contributed by atoms with van der Waals surface area (Å²) < 4.78 is 0. The number of carbonyl (C=O) groups is 3. The number of nitrogens with zero attached hydrogens (tertiary/aromatic N) is 2. The highest BCUT2D eigenvalue weighted by atomic mass is 32.1. The van der Waals surface area contributed by atoms with Crippen LogP contribution in [-0.2, 0) is 16.9 Å². The van der Waals surface area contributed by atoms with Crippen LogP contribution in [0.1, 0.15) is 33.5 Å². The van der Waals surface area contributed by atoms with Gasteiger partial charge in [0.25, 0.3) is 5.91 Å². The average Bonchev–Trinajstić information content (AvgIpc) is 3.05. The topological polar surface area (TPSA) is 105 Å². The van der Waals surface area contributed by atoms with E-state index in [2.05, 4.69) is 10.3 Å². The van der Waals surface area contributed by atoms with Crippen LogP contribution in [0, 0.1) is 6.92 Å². The van der Waals surface area contributed by atoms with Gasteiger partial charge in [-0.05, 0) is 31.5 Å². The SMILES string of the molecule is Cc1nc(CN2C(=O)N[C@@](C)(c3cccc(C(N)=O)c3)C2=O)cs1. The lowest BCUT2D eigenvalue weighted by atomic mass is 9.90. The van der Waals surface area contributed by atoms with Crippen LogP contribution in [0.5, 0.6) is 0 Å². The Morgan fingerprint density at radius 1 is 1.42 bits per heavy atom. The van der Waals surface area contributed by atoms with Crippen molar-refractivity contribution in [3.63, 3.8) is 0 Å². The number of amides is 4. The zero-order chi connectivity index (χ0) is 17.5. The standard InChI is InChI=1S/C16H16N4O3S/c1-9-18-12(8-24-9)7-20-14(22)16(2,19-15(20)23)11-5-3-4-10(6-11)13(17)21/h3-6,8H,7H2,1-2H3,(H2,17,21)(H,19,23)/t16-/m0/s1. The van der Waals surface area contributed by atoms with Crippen LogP contribution in [0.2, 0.25) is 0 Å². The largest absolute Gasteiger partial charge is 0.366 e. The molecule has 0 unspecified atom stereocenters. The molecule has 0 spiro atoms. The molecule has 2 aromatic rings. The van der Waals surface area contributed by atoms with Gasteiger partial charge in [-0.2, -0.15) is 0 Å². The van der Waals surface area contributed by atoms with Gasteiger partial charge in [-0.3, -0.25) is 14.5 Å². The van der Waals surface area contributed by atoms with Crippen molar-refractivity contribution >= 4 is 29.2 Å². The number of thiazole rings is 1. The molecule has 24 heavy (non-hydrogen) atoms. The van der Waals surface area contributed by atoms with E-state index < -0.39 is 17.5 Å². The van der Waals surface area contributed by atoms with Crippen LogP contribution in [0.4, 0.5) is 4.79 Å². The van der Waals surface area contributed by atoms with E-state index in [1.54, 1.807) is 25.1 Å². The van der Waals surface area contributed by atoms with Gasteiger partial charge in [0.05, 0.1) is 17.2 Å². The number of hydrogen-bond acceptors (Lipinski definition) is 5. The predicted octanol–water partition coefficient (Wildman–Crippen LogP) is 1.52. The van der Waals surface area contributed by atoms with E-state index in [0.717, 1.165) is 9.91 Å². The Morgan fingerprint density at radius 3 is 2.79 bits per heavy atom. The summed E-state index contributed by atoms with van der Waals surface area (Å²) in [5.74, 6) is -0.980. The van der Waals surface area contributed by atoms with Gasteiger partial charge in [0, 0.05) is 10.9 Å². The van der Waals surface area contributed by atoms with Crippen LogP contribution in [-0.4, -0.2) is 27.7 Å². The maximum atomic E-state index is 12.8. The summed E-state index contributed by atoms with van der Waals surface area (Å²) in [5, 5.41) is 5.39. The van der Waals surface area contributed by atoms with Gasteiger partial charge in [0.1, 0.15) is 5.54 Å². The molecule has 0 aliphatic carbocycles. The number of imide groups is 1. The van der Waals surface area contributed by atoms with E-state index in [0.29, 0.717) is 11.3 Å². The first-order valence-electron chi connectivity index (χ1n) is 7.27. The highest BCUT2D eigenvalue weighted by Crippen LogP contribution is 2.30. The summed E-state index contributed by atoms with van der Waals surface area (Å²) in [7, 11) is 0. The lowest BCUT2D eigenvalue weighted by molar-refractivity contribution is -0.131. The van der Waals surface area contributed by atoms with Crippen LogP contribution in [0.3, 0.4) is 0 Å². The van der Waals surface area contributed by atoms with Crippen molar-refractivity contribution in [1.29, 1.82) is 0 Å². The Balaban J connectivity index is 1.92. The highest BCUT2D eigenvalue weighted by molar-refractivity contribution is 7.09. The van der Waals surface area contributed by atoms with Crippen LogP contribution in [0.15, 0.2) is 29.6 Å². The molecule has 1 aromatic heterocycles. The summed E-state index contributed by atoms with van der Waals surface area (Å²) in [6.45, 7) is 3.58. The summed E-state index contributed by atoms with van der Waals surface area (Å²) in [6, 6.07) is 5.91. The summed E-state index contributed by atoms with van der Waals surface area (Å²) in [6.07, 6.45) is 0. The first kappa shape index (κ1) is 16.1. The lowest BCUT2D eigenvalue weighted by Crippen LogP contribution is -2.41. The molecule has 2 heterocycles. The highest BCUT2D eigenvalue weighted by Gasteiger charge is 2.49. The molecule has 1 aromatic carbocycles. The predicted molar refractivity (Wildman–Crippen MR) is 88.2 cm³/mol. The second-order valence-electron chi connectivity index (χ2n) is 5.75. The molecule has 3 N–H and O–H groups in total. The second-order valence-corrected chi connectivity index (χ2v) is 6.81. The van der Waals surface area contributed by atoms with E-state index in [1.807, 2.05) is 12.3 Å². The van der Waals surface area contributed by atoms with Crippen LogP contribution < -0.4 is 11.1 Å². The summed E-state index contributed by atoms with van der Waals surface area (Å²) in [5.41, 5.74) is 5.50. The van der Waals surface area contributed by atoms with Gasteiger partial charge >= 0.3 is 6.03 Å². The molecule has 0 saturated carbocycles. The van der Waals surface area contributed by atoms with Crippen molar-refractivity contribution in [3.05, 3.63) is 51.5 Å². The van der Waals surface area contributed by atoms with Crippen molar-refractivity contribution in [3.8, 4) is 0 Å². The van der Waals surface area contributed by atoms with E-state index in [1.165, 1.54) is 17.4 Å². The van der Waals surface area contributed by atoms with Gasteiger partial charge in [0.2, 0.25) is 5.91 Å². The fourth-order valence-electron chi connectivity index (χ4n) is 2.66. The van der Waals surface area contributed by atoms with Gasteiger partial charge in [-0.25, -0.2) is 9.78 Å². The fraction of sp³-hybridized carbons (Fsp3) is 0.250. The number of benzene rings is 1. The van der Waals surface area contributed by atoms with Gasteiger partial charge in [-0.1, -0.05) is 12.1 Å². The molecule has 4 amide bonds. The third kappa shape index (κ3) is 2.65. The van der Waals surface area contributed by atoms with Crippen molar-refractivity contribution in [1.82, 2.24) is 15.2 Å². The number of nitrogens with two attached hydrogens (primary N) is 1. The molecule has 0 radical (unpaired) electrons. The van der Waals surface area contributed by atoms with E-state index in [9.17, 15) is 14.4 Å². The number of urea groups is 1. The van der Waals surface area contributed by atoms with Crippen molar-refractivity contribution in [2.45, 2.75) is 25.9 Å². The van der Waals surface area contributed by atoms with Crippen molar-refractivity contribution in [2.75, 3.05) is 0 Å². The van der Waals surface area contributed by atoms with Gasteiger partial charge in [0.15, 0.2) is 0 Å². The number of aryl methyl sites for hydroxylation is 1. The molecule has 8 heteroatoms. The maximum Gasteiger partial charge on any atom is 0.325 e. The molecular weight excluding hydrogens is 328 g/mol. The van der Waals surface area contributed by atoms with Gasteiger partial charge in [-0.15, -0.1) is 11.3 Å². The molecule has 1 fully saturated rings. The minimum Gasteiger partial charge on any atom is -0.366 e. The molecule has 1 saturated heterocycles. The van der Waals surface area contributed by atoms with Crippen molar-refractivity contribution < 1.29 is 14.4 Å². The number of aromatic nitrogens is 1. The van der Waals surface area contributed by atoms with Crippen LogP contribution >= 0.6 is 11.3 Å². The third-order valence-corrected chi connectivity index (χ3v) is 4.81. The Hall–Kier alpha value is -2.74. The smallest absolute Gasteiger partial charge is 0.325 e. The lowest BCUT2D eigenvalue weighted by Gasteiger charge is -2.22. The third-order valence-electron chi connectivity index (χ3n) is 3.99. The average molecular weight is 344 g/mol. The zero-order valence-corrected chi connectivity index (χ0v) is 14.0. The number of carbonyl (C=O) groups excluding carboxylic acids is 3. The number of rotatable bonds is 4. The summed E-state index contributed by atoms with van der Waals surface area (Å²) >= 11 is 1.46. The quantitative estimate of drug-likeness (QED) is 0.820. The van der Waals surface area contributed by atoms with E-state index in [-0.39, 0.29) is 18.0 Å². The Morgan fingerprint density at radius 2 is 2.17 bits per heavy atom. The summed E-state index contributed by atoms with van der Waals surface area (Å²) in [4.78, 5) is 41.9. The van der Waals surface area contributed by atoms with Crippen molar-refractivity contribution in [2.24, 2.45) is 5.73 Å². The molecule has 0 bridgehead atoms. The van der Waals surface area contributed by atoms with E-state index in [4.69, 9.17) is 5.73 Å².